The summed E-state index contributed by atoms with van der Waals surface area (Å²) in [5, 5.41) is 3.23. The molecule has 2 aliphatic rings. The van der Waals surface area contributed by atoms with E-state index in [4.69, 9.17) is 14.7 Å². The van der Waals surface area contributed by atoms with Crippen LogP contribution in [0, 0.1) is 5.82 Å². The van der Waals surface area contributed by atoms with Crippen molar-refractivity contribution in [2.45, 2.75) is 38.1 Å². The largest absolute Gasteiger partial charge is 0.493 e. The average molecular weight is 428 g/mol. The molecule has 4 rings (SSSR count). The number of piperidine rings is 1. The maximum absolute atomic E-state index is 13.3. The monoisotopic (exact) mass is 427 g/mol. The van der Waals surface area contributed by atoms with Crippen LogP contribution in [0.5, 0.6) is 5.75 Å². The number of rotatable bonds is 6. The number of nitrogens with one attached hydrogen (secondary N) is 1. The standard InChI is InChI=1S/C23H30FN5O2/c1-25-23-19-8-12-29(21(30)9-13-31-18-5-3-4-17(24)14-18)15-20(19)26-22(27-23)16-6-10-28(2)11-7-16/h3-5,14,16H,6-13,15H2,1-2H3,(H,25,26,27). The van der Waals surface area contributed by atoms with Gasteiger partial charge in [0.2, 0.25) is 5.91 Å². The summed E-state index contributed by atoms with van der Waals surface area (Å²) in [7, 11) is 4.03. The number of likely N-dealkylation sites (tertiary alicyclic amines) is 1. The van der Waals surface area contributed by atoms with Crippen molar-refractivity contribution >= 4 is 11.7 Å². The zero-order valence-electron chi connectivity index (χ0n) is 18.2. The lowest BCUT2D eigenvalue weighted by molar-refractivity contribution is -0.132. The number of benzene rings is 1. The van der Waals surface area contributed by atoms with Gasteiger partial charge in [-0.3, -0.25) is 4.79 Å². The highest BCUT2D eigenvalue weighted by Crippen LogP contribution is 2.30. The SMILES string of the molecule is CNc1nc(C2CCN(C)CC2)nc2c1CCN(C(=O)CCOc1cccc(F)c1)C2. The molecule has 1 amide bonds. The number of carbonyl (C=O) groups excluding carboxylic acids is 1. The van der Waals surface area contributed by atoms with Crippen LogP contribution in [-0.2, 0) is 17.8 Å². The van der Waals surface area contributed by atoms with E-state index in [1.165, 1.54) is 12.1 Å². The molecule has 7 nitrogen and oxygen atoms in total. The fourth-order valence-corrected chi connectivity index (χ4v) is 4.29. The Labute approximate surface area is 182 Å². The number of hydrogen-bond acceptors (Lipinski definition) is 6. The van der Waals surface area contributed by atoms with Crippen LogP contribution in [0.4, 0.5) is 10.2 Å². The smallest absolute Gasteiger partial charge is 0.226 e. The van der Waals surface area contributed by atoms with E-state index in [1.54, 1.807) is 12.1 Å². The highest BCUT2D eigenvalue weighted by molar-refractivity contribution is 5.76. The van der Waals surface area contributed by atoms with Gasteiger partial charge in [0, 0.05) is 31.1 Å². The Morgan fingerprint density at radius 1 is 1.26 bits per heavy atom. The van der Waals surface area contributed by atoms with Gasteiger partial charge < -0.3 is 19.9 Å². The molecule has 0 unspecified atom stereocenters. The van der Waals surface area contributed by atoms with Crippen molar-refractivity contribution < 1.29 is 13.9 Å². The maximum Gasteiger partial charge on any atom is 0.226 e. The second kappa shape index (κ2) is 9.60. The van der Waals surface area contributed by atoms with Crippen molar-refractivity contribution in [3.63, 3.8) is 0 Å². The molecule has 0 saturated carbocycles. The lowest BCUT2D eigenvalue weighted by Crippen LogP contribution is -2.38. The molecule has 1 N–H and O–H groups in total. The molecule has 1 aromatic carbocycles. The van der Waals surface area contributed by atoms with Gasteiger partial charge in [0.15, 0.2) is 0 Å². The predicted octanol–water partition coefficient (Wildman–Crippen LogP) is 2.82. The molecule has 1 saturated heterocycles. The Bertz CT molecular complexity index is 930. The van der Waals surface area contributed by atoms with Crippen LogP contribution in [-0.4, -0.2) is 66.0 Å². The van der Waals surface area contributed by atoms with Gasteiger partial charge in [-0.05, 0) is 51.5 Å². The molecule has 0 radical (unpaired) electrons. The highest BCUT2D eigenvalue weighted by Gasteiger charge is 2.28. The summed E-state index contributed by atoms with van der Waals surface area (Å²) in [6.07, 6.45) is 3.09. The van der Waals surface area contributed by atoms with Crippen LogP contribution < -0.4 is 10.1 Å². The third kappa shape index (κ3) is 5.12. The number of ether oxygens (including phenoxy) is 1. The lowest BCUT2D eigenvalue weighted by Gasteiger charge is -2.32. The molecule has 0 atom stereocenters. The number of fused-ring (bicyclic) bond motifs is 1. The Hall–Kier alpha value is -2.74. The molecule has 0 aliphatic carbocycles. The van der Waals surface area contributed by atoms with Crippen LogP contribution >= 0.6 is 0 Å². The van der Waals surface area contributed by atoms with Crippen LogP contribution in [0.15, 0.2) is 24.3 Å². The van der Waals surface area contributed by atoms with Crippen LogP contribution in [0.3, 0.4) is 0 Å². The number of aromatic nitrogens is 2. The van der Waals surface area contributed by atoms with E-state index in [0.717, 1.165) is 55.3 Å². The van der Waals surface area contributed by atoms with Crippen molar-refractivity contribution in [3.05, 3.63) is 47.2 Å². The second-order valence-electron chi connectivity index (χ2n) is 8.30. The van der Waals surface area contributed by atoms with Crippen LogP contribution in [0.2, 0.25) is 0 Å². The average Bonchev–Trinajstić information content (AvgIpc) is 2.78. The fourth-order valence-electron chi connectivity index (χ4n) is 4.29. The van der Waals surface area contributed by atoms with Crippen molar-refractivity contribution in [1.29, 1.82) is 0 Å². The maximum atomic E-state index is 13.3. The molecule has 8 heteroatoms. The Morgan fingerprint density at radius 2 is 2.06 bits per heavy atom. The topological polar surface area (TPSA) is 70.6 Å². The predicted molar refractivity (Wildman–Crippen MR) is 117 cm³/mol. The van der Waals surface area contributed by atoms with Gasteiger partial charge in [-0.1, -0.05) is 6.07 Å². The van der Waals surface area contributed by atoms with E-state index < -0.39 is 0 Å². The van der Waals surface area contributed by atoms with Gasteiger partial charge in [-0.25, -0.2) is 14.4 Å². The molecular weight excluding hydrogens is 397 g/mol. The number of amides is 1. The van der Waals surface area contributed by atoms with Crippen LogP contribution in [0.1, 0.15) is 42.3 Å². The summed E-state index contributed by atoms with van der Waals surface area (Å²) in [5.41, 5.74) is 2.05. The summed E-state index contributed by atoms with van der Waals surface area (Å²) in [6.45, 7) is 3.45. The third-order valence-electron chi connectivity index (χ3n) is 6.14. The van der Waals surface area contributed by atoms with Gasteiger partial charge in [-0.15, -0.1) is 0 Å². The molecule has 166 valence electrons. The summed E-state index contributed by atoms with van der Waals surface area (Å²) in [6, 6.07) is 5.97. The Kier molecular flexibility index (Phi) is 6.65. The minimum Gasteiger partial charge on any atom is -0.493 e. The number of hydrogen-bond donors (Lipinski definition) is 1. The van der Waals surface area contributed by atoms with Gasteiger partial charge in [-0.2, -0.15) is 0 Å². The van der Waals surface area contributed by atoms with Crippen molar-refractivity contribution in [3.8, 4) is 5.75 Å². The minimum absolute atomic E-state index is 0.0208. The van der Waals surface area contributed by atoms with E-state index in [0.29, 0.717) is 24.8 Å². The van der Waals surface area contributed by atoms with E-state index in [1.807, 2.05) is 11.9 Å². The molecule has 2 aromatic rings. The van der Waals surface area contributed by atoms with Gasteiger partial charge in [0.1, 0.15) is 23.2 Å². The van der Waals surface area contributed by atoms with Gasteiger partial charge >= 0.3 is 0 Å². The Morgan fingerprint density at radius 3 is 2.81 bits per heavy atom. The Balaban J connectivity index is 1.40. The summed E-state index contributed by atoms with van der Waals surface area (Å²) >= 11 is 0. The third-order valence-corrected chi connectivity index (χ3v) is 6.14. The van der Waals surface area contributed by atoms with E-state index in [2.05, 4.69) is 17.3 Å². The van der Waals surface area contributed by atoms with Gasteiger partial charge in [0.25, 0.3) is 0 Å². The van der Waals surface area contributed by atoms with E-state index in [-0.39, 0.29) is 24.8 Å². The molecule has 0 spiro atoms. The molecule has 1 fully saturated rings. The zero-order valence-corrected chi connectivity index (χ0v) is 18.2. The van der Waals surface area contributed by atoms with Crippen molar-refractivity contribution in [2.75, 3.05) is 45.7 Å². The molecule has 2 aliphatic heterocycles. The van der Waals surface area contributed by atoms with Gasteiger partial charge in [0.05, 0.1) is 25.3 Å². The van der Waals surface area contributed by atoms with Crippen molar-refractivity contribution in [1.82, 2.24) is 19.8 Å². The first-order chi connectivity index (χ1) is 15.0. The summed E-state index contributed by atoms with van der Waals surface area (Å²) in [4.78, 5) is 26.6. The zero-order chi connectivity index (χ0) is 21.8. The quantitative estimate of drug-likeness (QED) is 0.765. The molecule has 1 aromatic heterocycles. The van der Waals surface area contributed by atoms with Crippen LogP contribution in [0.25, 0.3) is 0 Å². The first kappa shape index (κ1) is 21.5. The summed E-state index contributed by atoms with van der Waals surface area (Å²) in [5.74, 6) is 2.25. The molecule has 0 bridgehead atoms. The fraction of sp³-hybridized carbons (Fsp3) is 0.522. The first-order valence-corrected chi connectivity index (χ1v) is 11.0. The van der Waals surface area contributed by atoms with E-state index in [9.17, 15) is 9.18 Å². The molecule has 31 heavy (non-hydrogen) atoms. The normalized spacial score (nSPS) is 17.3. The minimum atomic E-state index is -0.350. The van der Waals surface area contributed by atoms with Crippen molar-refractivity contribution in [2.24, 2.45) is 0 Å². The first-order valence-electron chi connectivity index (χ1n) is 11.0. The molecule has 3 heterocycles. The number of nitrogens with zero attached hydrogens (tertiary/aromatic N) is 4. The number of carbonyl (C=O) groups is 1. The summed E-state index contributed by atoms with van der Waals surface area (Å²) < 4.78 is 18.8. The second-order valence-corrected chi connectivity index (χ2v) is 8.30. The lowest BCUT2D eigenvalue weighted by atomic mass is 9.95. The van der Waals surface area contributed by atoms with E-state index >= 15 is 0 Å². The highest BCUT2D eigenvalue weighted by atomic mass is 19.1. The number of anilines is 1. The molecular formula is C23H30FN5O2. The number of halogens is 1.